The van der Waals surface area contributed by atoms with Crippen LogP contribution in [0, 0.1) is 5.82 Å². The fraction of sp³-hybridized carbons (Fsp3) is 0.143. The molecule has 0 saturated heterocycles. The van der Waals surface area contributed by atoms with Gasteiger partial charge in [0.05, 0.1) is 0 Å². The molecule has 0 amide bonds. The van der Waals surface area contributed by atoms with E-state index in [0.29, 0.717) is 5.02 Å². The molecule has 1 heterocycles. The summed E-state index contributed by atoms with van der Waals surface area (Å²) in [6.45, 7) is 0.930. The Morgan fingerprint density at radius 2 is 2.00 bits per heavy atom. The Labute approximate surface area is 104 Å². The van der Waals surface area contributed by atoms with E-state index in [1.54, 1.807) is 6.07 Å². The Bertz CT molecular complexity index is 580. The highest BCUT2D eigenvalue weighted by molar-refractivity contribution is 6.33. The molecule has 1 nitrogen and oxygen atoms in total. The lowest BCUT2D eigenvalue weighted by atomic mass is 9.98. The van der Waals surface area contributed by atoms with Crippen LogP contribution in [0.2, 0.25) is 5.02 Å². The van der Waals surface area contributed by atoms with Gasteiger partial charge in [-0.1, -0.05) is 23.7 Å². The molecule has 0 aromatic heterocycles. The van der Waals surface area contributed by atoms with Crippen LogP contribution in [0.15, 0.2) is 36.4 Å². The quantitative estimate of drug-likeness (QED) is 0.800. The van der Waals surface area contributed by atoms with Crippen molar-refractivity contribution in [1.82, 2.24) is 0 Å². The minimum Gasteiger partial charge on any atom is -0.384 e. The normalized spacial score (nSPS) is 13.3. The molecule has 0 atom stereocenters. The molecule has 17 heavy (non-hydrogen) atoms. The molecule has 1 aliphatic heterocycles. The Kier molecular flexibility index (Phi) is 2.52. The van der Waals surface area contributed by atoms with E-state index in [-0.39, 0.29) is 5.82 Å². The molecule has 0 fully saturated rings. The Balaban J connectivity index is 2.22. The van der Waals surface area contributed by atoms with Gasteiger partial charge in [0.2, 0.25) is 0 Å². The summed E-state index contributed by atoms with van der Waals surface area (Å²) in [5, 5.41) is 3.90. The van der Waals surface area contributed by atoms with Gasteiger partial charge in [-0.25, -0.2) is 4.39 Å². The third-order valence-corrected chi connectivity index (χ3v) is 3.41. The van der Waals surface area contributed by atoms with E-state index in [2.05, 4.69) is 5.32 Å². The highest BCUT2D eigenvalue weighted by atomic mass is 35.5. The zero-order valence-corrected chi connectivity index (χ0v) is 9.89. The van der Waals surface area contributed by atoms with Crippen LogP contribution in [0.1, 0.15) is 5.56 Å². The minimum atomic E-state index is -0.257. The highest BCUT2D eigenvalue weighted by Crippen LogP contribution is 2.36. The average Bonchev–Trinajstić information content (AvgIpc) is 2.80. The van der Waals surface area contributed by atoms with Crippen LogP contribution in [0.25, 0.3) is 11.1 Å². The monoisotopic (exact) mass is 247 g/mol. The summed E-state index contributed by atoms with van der Waals surface area (Å²) in [6, 6.07) is 10.5. The number of hydrogen-bond donors (Lipinski definition) is 1. The van der Waals surface area contributed by atoms with Crippen LogP contribution in [0.4, 0.5) is 10.1 Å². The van der Waals surface area contributed by atoms with Gasteiger partial charge >= 0.3 is 0 Å². The van der Waals surface area contributed by atoms with Gasteiger partial charge in [0, 0.05) is 22.8 Å². The predicted octanol–water partition coefficient (Wildman–Crippen LogP) is 4.11. The van der Waals surface area contributed by atoms with Crippen molar-refractivity contribution in [2.75, 3.05) is 11.9 Å². The van der Waals surface area contributed by atoms with Gasteiger partial charge in [0.1, 0.15) is 5.82 Å². The van der Waals surface area contributed by atoms with Crippen LogP contribution in [0.5, 0.6) is 0 Å². The first kappa shape index (κ1) is 10.6. The molecule has 0 radical (unpaired) electrons. The lowest BCUT2D eigenvalue weighted by Crippen LogP contribution is -1.90. The van der Waals surface area contributed by atoms with Crippen molar-refractivity contribution in [2.24, 2.45) is 0 Å². The molecular weight excluding hydrogens is 237 g/mol. The fourth-order valence-electron chi connectivity index (χ4n) is 2.30. The molecule has 0 saturated carbocycles. The van der Waals surface area contributed by atoms with E-state index in [1.807, 2.05) is 18.2 Å². The first-order valence-corrected chi connectivity index (χ1v) is 5.95. The lowest BCUT2D eigenvalue weighted by molar-refractivity contribution is 0.628. The molecule has 86 valence electrons. The summed E-state index contributed by atoms with van der Waals surface area (Å²) in [4.78, 5) is 0. The molecule has 0 spiro atoms. The van der Waals surface area contributed by atoms with Crippen molar-refractivity contribution in [3.63, 3.8) is 0 Å². The van der Waals surface area contributed by atoms with Crippen LogP contribution in [0.3, 0.4) is 0 Å². The molecule has 3 rings (SSSR count). The molecule has 0 aliphatic carbocycles. The van der Waals surface area contributed by atoms with Gasteiger partial charge in [0.25, 0.3) is 0 Å². The maximum atomic E-state index is 13.3. The van der Waals surface area contributed by atoms with Gasteiger partial charge in [-0.3, -0.25) is 0 Å². The number of rotatable bonds is 1. The fourth-order valence-corrected chi connectivity index (χ4v) is 2.52. The van der Waals surface area contributed by atoms with Crippen LogP contribution in [-0.4, -0.2) is 6.54 Å². The van der Waals surface area contributed by atoms with E-state index in [4.69, 9.17) is 11.6 Å². The van der Waals surface area contributed by atoms with E-state index in [0.717, 1.165) is 29.8 Å². The Morgan fingerprint density at radius 3 is 2.88 bits per heavy atom. The average molecular weight is 248 g/mol. The summed E-state index contributed by atoms with van der Waals surface area (Å²) in [6.07, 6.45) is 0.957. The van der Waals surface area contributed by atoms with Gasteiger partial charge in [-0.05, 0) is 41.8 Å². The molecule has 2 aromatic carbocycles. The van der Waals surface area contributed by atoms with E-state index >= 15 is 0 Å². The van der Waals surface area contributed by atoms with Crippen LogP contribution >= 0.6 is 11.6 Å². The van der Waals surface area contributed by atoms with Crippen molar-refractivity contribution in [3.8, 4) is 11.1 Å². The second kappa shape index (κ2) is 4.04. The molecule has 1 N–H and O–H groups in total. The first-order valence-electron chi connectivity index (χ1n) is 5.57. The Hall–Kier alpha value is -1.54. The third kappa shape index (κ3) is 1.79. The zero-order chi connectivity index (χ0) is 11.8. The van der Waals surface area contributed by atoms with Gasteiger partial charge in [-0.2, -0.15) is 0 Å². The van der Waals surface area contributed by atoms with Gasteiger partial charge in [-0.15, -0.1) is 0 Å². The van der Waals surface area contributed by atoms with Crippen molar-refractivity contribution < 1.29 is 4.39 Å². The van der Waals surface area contributed by atoms with E-state index in [1.165, 1.54) is 17.7 Å². The molecule has 0 bridgehead atoms. The van der Waals surface area contributed by atoms with Crippen molar-refractivity contribution in [3.05, 3.63) is 52.8 Å². The predicted molar refractivity (Wildman–Crippen MR) is 69.0 cm³/mol. The summed E-state index contributed by atoms with van der Waals surface area (Å²) < 4.78 is 13.3. The molecule has 2 aromatic rings. The first-order chi connectivity index (χ1) is 8.25. The SMILES string of the molecule is Fc1ccc(Cl)c(-c2cccc3c2CCN3)c1. The van der Waals surface area contributed by atoms with E-state index in [9.17, 15) is 4.39 Å². The second-order valence-corrected chi connectivity index (χ2v) is 4.54. The highest BCUT2D eigenvalue weighted by Gasteiger charge is 2.16. The number of benzene rings is 2. The second-order valence-electron chi connectivity index (χ2n) is 4.13. The third-order valence-electron chi connectivity index (χ3n) is 3.09. The molecule has 0 unspecified atom stereocenters. The largest absolute Gasteiger partial charge is 0.384 e. The lowest BCUT2D eigenvalue weighted by Gasteiger charge is -2.09. The number of anilines is 1. The summed E-state index contributed by atoms with van der Waals surface area (Å²) in [7, 11) is 0. The Morgan fingerprint density at radius 1 is 1.12 bits per heavy atom. The number of fused-ring (bicyclic) bond motifs is 1. The zero-order valence-electron chi connectivity index (χ0n) is 9.13. The summed E-state index contributed by atoms with van der Waals surface area (Å²) >= 11 is 6.15. The van der Waals surface area contributed by atoms with E-state index < -0.39 is 0 Å². The number of hydrogen-bond acceptors (Lipinski definition) is 1. The smallest absolute Gasteiger partial charge is 0.123 e. The van der Waals surface area contributed by atoms with Crippen molar-refractivity contribution >= 4 is 17.3 Å². The van der Waals surface area contributed by atoms with Crippen molar-refractivity contribution in [1.29, 1.82) is 0 Å². The topological polar surface area (TPSA) is 12.0 Å². The van der Waals surface area contributed by atoms with Gasteiger partial charge in [0.15, 0.2) is 0 Å². The molecule has 3 heteroatoms. The van der Waals surface area contributed by atoms with Crippen molar-refractivity contribution in [2.45, 2.75) is 6.42 Å². The maximum absolute atomic E-state index is 13.3. The maximum Gasteiger partial charge on any atom is 0.123 e. The summed E-state index contributed by atoms with van der Waals surface area (Å²) in [5.74, 6) is -0.257. The number of halogens is 2. The van der Waals surface area contributed by atoms with Gasteiger partial charge < -0.3 is 5.32 Å². The van der Waals surface area contributed by atoms with Crippen LogP contribution in [-0.2, 0) is 6.42 Å². The number of nitrogens with one attached hydrogen (secondary N) is 1. The minimum absolute atomic E-state index is 0.257. The summed E-state index contributed by atoms with van der Waals surface area (Å²) in [5.41, 5.74) is 4.15. The van der Waals surface area contributed by atoms with Crippen LogP contribution < -0.4 is 5.32 Å². The molecule has 1 aliphatic rings. The molecular formula is C14H11ClFN. The standard InChI is InChI=1S/C14H11ClFN/c15-13-5-4-9(16)8-12(13)10-2-1-3-14-11(10)6-7-17-14/h1-5,8,17H,6-7H2.